The van der Waals surface area contributed by atoms with Gasteiger partial charge in [-0.25, -0.2) is 4.57 Å². The molecule has 0 aliphatic carbocycles. The van der Waals surface area contributed by atoms with Gasteiger partial charge in [-0.3, -0.25) is 13.6 Å². The number of hydrogen-bond donors (Lipinski definition) is 0. The lowest BCUT2D eigenvalue weighted by molar-refractivity contribution is -0.245. The summed E-state index contributed by atoms with van der Waals surface area (Å²) < 4.78 is 50.9. The molecule has 0 amide bonds. The minimum Gasteiger partial charge on any atom is -0.392 e. The lowest BCUT2D eigenvalue weighted by Crippen LogP contribution is -2.56. The van der Waals surface area contributed by atoms with Crippen LogP contribution in [0, 0.1) is 11.8 Å². The average molecular weight is 563 g/mol. The van der Waals surface area contributed by atoms with Crippen molar-refractivity contribution in [2.24, 2.45) is 11.8 Å². The molecule has 0 saturated carbocycles. The van der Waals surface area contributed by atoms with Gasteiger partial charge in [0, 0.05) is 5.92 Å². The molecule has 0 radical (unpaired) electrons. The van der Waals surface area contributed by atoms with Crippen LogP contribution in [0.2, 0.25) is 18.1 Å². The first-order valence-electron chi connectivity index (χ1n) is 13.5. The molecule has 9 heteroatoms. The molecule has 0 bridgehead atoms. The summed E-state index contributed by atoms with van der Waals surface area (Å²) in [6, 6.07) is 17.8. The smallest absolute Gasteiger partial charge is 0.392 e. The molecule has 38 heavy (non-hydrogen) atoms. The van der Waals surface area contributed by atoms with E-state index in [0.717, 1.165) is 16.7 Å². The van der Waals surface area contributed by atoms with Crippen LogP contribution in [-0.4, -0.2) is 33.4 Å². The summed E-state index contributed by atoms with van der Waals surface area (Å²) in [5.41, 5.74) is 2.96. The van der Waals surface area contributed by atoms with Crippen LogP contribution in [0.15, 0.2) is 54.6 Å². The third kappa shape index (κ3) is 7.04. The highest BCUT2D eigenvalue weighted by Crippen LogP contribution is 2.56. The highest BCUT2D eigenvalue weighted by molar-refractivity contribution is 7.48. The number of fused-ring (bicyclic) bond motifs is 1. The van der Waals surface area contributed by atoms with E-state index in [1.165, 1.54) is 0 Å². The summed E-state index contributed by atoms with van der Waals surface area (Å²) in [4.78, 5) is 0. The van der Waals surface area contributed by atoms with Crippen molar-refractivity contribution >= 4 is 16.1 Å². The predicted octanol–water partition coefficient (Wildman–Crippen LogP) is 7.46. The minimum atomic E-state index is -3.85. The van der Waals surface area contributed by atoms with Gasteiger partial charge in [0.05, 0.1) is 26.4 Å². The molecule has 2 heterocycles. The molecule has 1 saturated heterocycles. The number of benzene rings is 2. The van der Waals surface area contributed by atoms with Gasteiger partial charge in [-0.05, 0) is 40.7 Å². The van der Waals surface area contributed by atoms with Crippen LogP contribution in [-0.2, 0) is 51.9 Å². The van der Waals surface area contributed by atoms with Crippen LogP contribution < -0.4 is 0 Å². The Kier molecular flexibility index (Phi) is 9.38. The fourth-order valence-electron chi connectivity index (χ4n) is 4.41. The molecule has 2 aromatic rings. The van der Waals surface area contributed by atoms with Crippen LogP contribution in [0.5, 0.6) is 0 Å². The van der Waals surface area contributed by atoms with Crippen LogP contribution in [0.25, 0.3) is 0 Å². The minimum absolute atomic E-state index is 0.00438. The fraction of sp³-hybridized carbons (Fsp3) is 0.586. The van der Waals surface area contributed by atoms with Gasteiger partial charge in [0.2, 0.25) is 0 Å². The Morgan fingerprint density at radius 3 is 2.08 bits per heavy atom. The van der Waals surface area contributed by atoms with Gasteiger partial charge in [0.25, 0.3) is 0 Å². The molecular weight excluding hydrogens is 519 g/mol. The molecule has 1 fully saturated rings. The third-order valence-corrected chi connectivity index (χ3v) is 14.0. The number of ether oxygens (including phenoxy) is 2. The molecule has 0 aromatic heterocycles. The van der Waals surface area contributed by atoms with Gasteiger partial charge in [-0.1, -0.05) is 89.2 Å². The van der Waals surface area contributed by atoms with E-state index in [4.69, 9.17) is 27.5 Å². The average Bonchev–Trinajstić information content (AvgIpc) is 3.04. The Morgan fingerprint density at radius 1 is 0.921 bits per heavy atom. The number of phosphoric acid groups is 1. The van der Waals surface area contributed by atoms with Gasteiger partial charge in [-0.15, -0.1) is 0 Å². The summed E-state index contributed by atoms with van der Waals surface area (Å²) in [6.07, 6.45) is -1.49. The number of hydrogen-bond acceptors (Lipinski definition) is 7. The Morgan fingerprint density at radius 2 is 1.50 bits per heavy atom. The largest absolute Gasteiger partial charge is 0.475 e. The molecule has 210 valence electrons. The quantitative estimate of drug-likeness (QED) is 0.244. The summed E-state index contributed by atoms with van der Waals surface area (Å²) in [5, 5.41) is 0.0353. The molecule has 7 nitrogen and oxygen atoms in total. The van der Waals surface area contributed by atoms with Crippen molar-refractivity contribution in [1.82, 2.24) is 0 Å². The second-order valence-electron chi connectivity index (χ2n) is 12.0. The standard InChI is InChI=1S/C29H43O7PSi/c1-21-22(2)28(36-38(6,7)29(3,4)5)34-26(20-31-17-23-13-9-8-10-14-23)27(21)35-37(30)32-18-24-15-11-12-16-25(24)19-33-37/h8-16,21-22,26-28H,17-20H2,1-7H3/t21-,22?,26?,27+,28+/m1/s1. The SMILES string of the molecule is CC1[C@H](O[Si](C)(C)C(C)(C)C)OC(COCc2ccccc2)[C@@H](OP2(=O)OCc3ccccc3CO2)[C@@H]1C. The fourth-order valence-corrected chi connectivity index (χ4v) is 7.03. The Hall–Kier alpha value is -1.35. The Balaban J connectivity index is 1.52. The van der Waals surface area contributed by atoms with E-state index in [1.807, 2.05) is 54.6 Å². The van der Waals surface area contributed by atoms with Crippen molar-refractivity contribution in [3.05, 3.63) is 71.3 Å². The van der Waals surface area contributed by atoms with Crippen molar-refractivity contribution in [2.75, 3.05) is 6.61 Å². The summed E-state index contributed by atoms with van der Waals surface area (Å²) >= 11 is 0. The zero-order valence-electron chi connectivity index (χ0n) is 23.7. The van der Waals surface area contributed by atoms with Gasteiger partial charge >= 0.3 is 7.82 Å². The second kappa shape index (κ2) is 12.0. The lowest BCUT2D eigenvalue weighted by Gasteiger charge is -2.48. The number of rotatable bonds is 8. The molecule has 2 aromatic carbocycles. The van der Waals surface area contributed by atoms with E-state index in [0.29, 0.717) is 6.61 Å². The molecular formula is C29H43O7PSi. The summed E-state index contributed by atoms with van der Waals surface area (Å²) in [5.74, 6) is -0.0530. The van der Waals surface area contributed by atoms with E-state index in [-0.39, 0.29) is 36.7 Å². The normalized spacial score (nSPS) is 27.9. The summed E-state index contributed by atoms with van der Waals surface area (Å²) in [6.45, 7) is 16.3. The zero-order valence-corrected chi connectivity index (χ0v) is 25.6. The highest BCUT2D eigenvalue weighted by atomic mass is 31.2. The maximum Gasteiger partial charge on any atom is 0.475 e. The molecule has 2 aliphatic rings. The van der Waals surface area contributed by atoms with Gasteiger partial charge in [0.1, 0.15) is 12.2 Å². The van der Waals surface area contributed by atoms with E-state index < -0.39 is 34.6 Å². The van der Waals surface area contributed by atoms with Gasteiger partial charge < -0.3 is 13.9 Å². The third-order valence-electron chi connectivity index (χ3n) is 8.19. The van der Waals surface area contributed by atoms with Crippen LogP contribution in [0.1, 0.15) is 51.3 Å². The molecule has 0 spiro atoms. The van der Waals surface area contributed by atoms with E-state index in [1.54, 1.807) is 0 Å². The zero-order chi connectivity index (χ0) is 27.6. The van der Waals surface area contributed by atoms with E-state index in [9.17, 15) is 4.57 Å². The molecule has 2 unspecified atom stereocenters. The van der Waals surface area contributed by atoms with Crippen molar-refractivity contribution in [2.45, 2.75) is 91.1 Å². The summed E-state index contributed by atoms with van der Waals surface area (Å²) in [7, 11) is -5.96. The van der Waals surface area contributed by atoms with Gasteiger partial charge in [-0.2, -0.15) is 0 Å². The Labute approximate surface area is 228 Å². The Bertz CT molecular complexity index is 1070. The second-order valence-corrected chi connectivity index (χ2v) is 18.4. The van der Waals surface area contributed by atoms with Crippen molar-refractivity contribution in [3.63, 3.8) is 0 Å². The van der Waals surface area contributed by atoms with Gasteiger partial charge in [0.15, 0.2) is 14.6 Å². The van der Waals surface area contributed by atoms with Crippen molar-refractivity contribution in [1.29, 1.82) is 0 Å². The molecule has 5 atom stereocenters. The van der Waals surface area contributed by atoms with E-state index in [2.05, 4.69) is 47.7 Å². The maximum atomic E-state index is 13.7. The first kappa shape index (κ1) is 29.6. The van der Waals surface area contributed by atoms with Crippen LogP contribution in [0.3, 0.4) is 0 Å². The molecule has 2 aliphatic heterocycles. The topological polar surface area (TPSA) is 72.5 Å². The first-order valence-corrected chi connectivity index (χ1v) is 17.8. The monoisotopic (exact) mass is 562 g/mol. The molecule has 4 rings (SSSR count). The highest BCUT2D eigenvalue weighted by Gasteiger charge is 2.50. The number of phosphoric ester groups is 1. The lowest BCUT2D eigenvalue weighted by atomic mass is 9.85. The predicted molar refractivity (Wildman–Crippen MR) is 150 cm³/mol. The first-order chi connectivity index (χ1) is 17.9. The van der Waals surface area contributed by atoms with Crippen LogP contribution >= 0.6 is 7.82 Å². The van der Waals surface area contributed by atoms with Crippen molar-refractivity contribution < 1.29 is 32.0 Å². The molecule has 0 N–H and O–H groups in total. The van der Waals surface area contributed by atoms with E-state index >= 15 is 0 Å². The van der Waals surface area contributed by atoms with Crippen molar-refractivity contribution in [3.8, 4) is 0 Å². The maximum absolute atomic E-state index is 13.7. The van der Waals surface area contributed by atoms with Crippen LogP contribution in [0.4, 0.5) is 0 Å².